The monoisotopic (exact) mass is 436 g/mol. The van der Waals surface area contributed by atoms with E-state index >= 15 is 0 Å². The zero-order valence-corrected chi connectivity index (χ0v) is 17.8. The average molecular weight is 436 g/mol. The lowest BCUT2D eigenvalue weighted by Gasteiger charge is -2.35. The molecular weight excluding hydrogens is 411 g/mol. The van der Waals surface area contributed by atoms with Crippen LogP contribution < -0.4 is 10.6 Å². The number of anilines is 1. The molecule has 1 aliphatic rings. The molecule has 2 heterocycles. The Balaban J connectivity index is 1.44. The SMILES string of the molecule is Cc1c(C(=O)N2CCCCC2CNC(=O)Nc2ccccc2)nnn1-c1ccc(F)cc1. The number of hydrogen-bond donors (Lipinski definition) is 2. The molecule has 3 amide bonds. The lowest BCUT2D eigenvalue weighted by atomic mass is 10.0. The Morgan fingerprint density at radius 3 is 2.59 bits per heavy atom. The van der Waals surface area contributed by atoms with Gasteiger partial charge >= 0.3 is 6.03 Å². The van der Waals surface area contributed by atoms with Crippen molar-refractivity contribution < 1.29 is 14.0 Å². The predicted molar refractivity (Wildman–Crippen MR) is 118 cm³/mol. The number of piperidine rings is 1. The van der Waals surface area contributed by atoms with Crippen molar-refractivity contribution in [3.8, 4) is 5.69 Å². The van der Waals surface area contributed by atoms with E-state index in [0.717, 1.165) is 19.3 Å². The minimum atomic E-state index is -0.345. The molecule has 4 rings (SSSR count). The Morgan fingerprint density at radius 1 is 1.09 bits per heavy atom. The fraction of sp³-hybridized carbons (Fsp3) is 0.304. The van der Waals surface area contributed by atoms with Gasteiger partial charge in [-0.05, 0) is 62.6 Å². The molecule has 166 valence electrons. The molecule has 0 radical (unpaired) electrons. The van der Waals surface area contributed by atoms with Crippen molar-refractivity contribution in [3.05, 3.63) is 71.8 Å². The van der Waals surface area contributed by atoms with Crippen LogP contribution in [0.5, 0.6) is 0 Å². The maximum Gasteiger partial charge on any atom is 0.319 e. The number of benzene rings is 2. The fourth-order valence-corrected chi connectivity index (χ4v) is 3.88. The minimum absolute atomic E-state index is 0.131. The standard InChI is InChI=1S/C23H25FN6O2/c1-16-21(27-28-30(16)19-12-10-17(24)11-13-19)22(31)29-14-6-5-9-20(29)15-25-23(32)26-18-7-3-2-4-8-18/h2-4,7-8,10-13,20H,5-6,9,14-15H2,1H3,(H2,25,26,32). The van der Waals surface area contributed by atoms with Crippen molar-refractivity contribution in [2.75, 3.05) is 18.4 Å². The van der Waals surface area contributed by atoms with Crippen LogP contribution >= 0.6 is 0 Å². The van der Waals surface area contributed by atoms with Gasteiger partial charge in [0.15, 0.2) is 5.69 Å². The van der Waals surface area contributed by atoms with E-state index < -0.39 is 0 Å². The molecule has 0 aliphatic carbocycles. The molecule has 32 heavy (non-hydrogen) atoms. The molecule has 0 saturated carbocycles. The van der Waals surface area contributed by atoms with Crippen molar-refractivity contribution in [1.82, 2.24) is 25.2 Å². The number of nitrogens with zero attached hydrogens (tertiary/aromatic N) is 4. The third-order valence-electron chi connectivity index (χ3n) is 5.59. The van der Waals surface area contributed by atoms with Gasteiger partial charge in [-0.2, -0.15) is 0 Å². The second-order valence-corrected chi connectivity index (χ2v) is 7.76. The van der Waals surface area contributed by atoms with E-state index in [-0.39, 0.29) is 29.5 Å². The van der Waals surface area contributed by atoms with E-state index in [2.05, 4.69) is 20.9 Å². The average Bonchev–Trinajstić information content (AvgIpc) is 3.20. The largest absolute Gasteiger partial charge is 0.336 e. The minimum Gasteiger partial charge on any atom is -0.336 e. The van der Waals surface area contributed by atoms with E-state index in [0.29, 0.717) is 30.2 Å². The summed E-state index contributed by atoms with van der Waals surface area (Å²) < 4.78 is 14.8. The maximum atomic E-state index is 13.3. The van der Waals surface area contributed by atoms with Gasteiger partial charge < -0.3 is 15.5 Å². The summed E-state index contributed by atoms with van der Waals surface area (Å²) in [6.07, 6.45) is 2.67. The third-order valence-corrected chi connectivity index (χ3v) is 5.59. The highest BCUT2D eigenvalue weighted by Gasteiger charge is 2.31. The Morgan fingerprint density at radius 2 is 1.84 bits per heavy atom. The first-order chi connectivity index (χ1) is 15.5. The van der Waals surface area contributed by atoms with Gasteiger partial charge in [-0.1, -0.05) is 23.4 Å². The second-order valence-electron chi connectivity index (χ2n) is 7.76. The summed E-state index contributed by atoms with van der Waals surface area (Å²) in [4.78, 5) is 27.3. The summed E-state index contributed by atoms with van der Waals surface area (Å²) >= 11 is 0. The van der Waals surface area contributed by atoms with Crippen molar-refractivity contribution in [3.63, 3.8) is 0 Å². The van der Waals surface area contributed by atoms with Crippen LogP contribution in [-0.2, 0) is 0 Å². The number of rotatable bonds is 5. The first-order valence-electron chi connectivity index (χ1n) is 10.6. The van der Waals surface area contributed by atoms with Gasteiger partial charge in [0.25, 0.3) is 5.91 Å². The van der Waals surface area contributed by atoms with Crippen LogP contribution in [0.1, 0.15) is 35.4 Å². The first-order valence-corrected chi connectivity index (χ1v) is 10.6. The van der Waals surface area contributed by atoms with Crippen LogP contribution in [0.25, 0.3) is 5.69 Å². The van der Waals surface area contributed by atoms with Crippen LogP contribution in [0.2, 0.25) is 0 Å². The molecule has 1 atom stereocenters. The highest BCUT2D eigenvalue weighted by atomic mass is 19.1. The number of para-hydroxylation sites is 1. The van der Waals surface area contributed by atoms with Gasteiger partial charge in [-0.3, -0.25) is 4.79 Å². The number of amides is 3. The number of nitrogens with one attached hydrogen (secondary N) is 2. The molecule has 1 aromatic heterocycles. The zero-order valence-electron chi connectivity index (χ0n) is 17.8. The van der Waals surface area contributed by atoms with Gasteiger partial charge in [-0.15, -0.1) is 5.10 Å². The van der Waals surface area contributed by atoms with Crippen molar-refractivity contribution in [2.24, 2.45) is 0 Å². The van der Waals surface area contributed by atoms with Crippen molar-refractivity contribution in [1.29, 1.82) is 0 Å². The highest BCUT2D eigenvalue weighted by molar-refractivity contribution is 5.94. The lowest BCUT2D eigenvalue weighted by molar-refractivity contribution is 0.0608. The summed E-state index contributed by atoms with van der Waals surface area (Å²) in [5, 5.41) is 13.9. The number of hydrogen-bond acceptors (Lipinski definition) is 4. The second kappa shape index (κ2) is 9.59. The molecule has 2 aromatic carbocycles. The van der Waals surface area contributed by atoms with Crippen molar-refractivity contribution in [2.45, 2.75) is 32.2 Å². The molecular formula is C23H25FN6O2. The van der Waals surface area contributed by atoms with Gasteiger partial charge in [0.05, 0.1) is 11.4 Å². The molecule has 8 nitrogen and oxygen atoms in total. The zero-order chi connectivity index (χ0) is 22.5. The summed E-state index contributed by atoms with van der Waals surface area (Å²) in [6, 6.07) is 14.6. The van der Waals surface area contributed by atoms with E-state index in [1.807, 2.05) is 30.3 Å². The Hall–Kier alpha value is -3.75. The summed E-state index contributed by atoms with van der Waals surface area (Å²) in [5.41, 5.74) is 2.18. The third kappa shape index (κ3) is 4.77. The molecule has 2 N–H and O–H groups in total. The Bertz CT molecular complexity index is 1080. The lowest BCUT2D eigenvalue weighted by Crippen LogP contribution is -2.50. The smallest absolute Gasteiger partial charge is 0.319 e. The molecule has 1 aliphatic heterocycles. The molecule has 1 saturated heterocycles. The molecule has 9 heteroatoms. The number of urea groups is 1. The number of carbonyl (C=O) groups excluding carboxylic acids is 2. The predicted octanol–water partition coefficient (Wildman–Crippen LogP) is 3.53. The van der Waals surface area contributed by atoms with Gasteiger partial charge in [-0.25, -0.2) is 13.9 Å². The molecule has 1 unspecified atom stereocenters. The fourth-order valence-electron chi connectivity index (χ4n) is 3.88. The van der Waals surface area contributed by atoms with Crippen LogP contribution in [-0.4, -0.2) is 51.0 Å². The number of likely N-dealkylation sites (tertiary alicyclic amines) is 1. The summed E-state index contributed by atoms with van der Waals surface area (Å²) in [6.45, 7) is 2.70. The Kier molecular flexibility index (Phi) is 6.44. The van der Waals surface area contributed by atoms with Gasteiger partial charge in [0.1, 0.15) is 5.82 Å². The Labute approximate surface area is 185 Å². The first kappa shape index (κ1) is 21.5. The van der Waals surface area contributed by atoms with Crippen LogP contribution in [0, 0.1) is 12.7 Å². The normalized spacial score (nSPS) is 15.9. The van der Waals surface area contributed by atoms with E-state index in [1.54, 1.807) is 24.0 Å². The van der Waals surface area contributed by atoms with Crippen molar-refractivity contribution >= 4 is 17.6 Å². The topological polar surface area (TPSA) is 92.2 Å². The van der Waals surface area contributed by atoms with Crippen LogP contribution in [0.15, 0.2) is 54.6 Å². The number of halogens is 1. The molecule has 0 bridgehead atoms. The molecule has 3 aromatic rings. The number of carbonyl (C=O) groups is 2. The molecule has 1 fully saturated rings. The maximum absolute atomic E-state index is 13.3. The number of aromatic nitrogens is 3. The highest BCUT2D eigenvalue weighted by Crippen LogP contribution is 2.21. The van der Waals surface area contributed by atoms with E-state index in [1.165, 1.54) is 16.8 Å². The summed E-state index contributed by atoms with van der Waals surface area (Å²) in [7, 11) is 0. The van der Waals surface area contributed by atoms with Gasteiger partial charge in [0, 0.05) is 24.8 Å². The van der Waals surface area contributed by atoms with Crippen LogP contribution in [0.4, 0.5) is 14.9 Å². The quantitative estimate of drug-likeness (QED) is 0.640. The van der Waals surface area contributed by atoms with Crippen LogP contribution in [0.3, 0.4) is 0 Å². The van der Waals surface area contributed by atoms with Gasteiger partial charge in [0.2, 0.25) is 0 Å². The molecule has 0 spiro atoms. The summed E-state index contributed by atoms with van der Waals surface area (Å²) in [5.74, 6) is -0.561. The van der Waals surface area contributed by atoms with E-state index in [9.17, 15) is 14.0 Å². The van der Waals surface area contributed by atoms with E-state index in [4.69, 9.17) is 0 Å².